The molecule has 0 unspecified atom stereocenters. The molecule has 0 aliphatic carbocycles. The van der Waals surface area contributed by atoms with Crippen molar-refractivity contribution in [2.24, 2.45) is 0 Å². The summed E-state index contributed by atoms with van der Waals surface area (Å²) < 4.78 is 2.34. The Morgan fingerprint density at radius 1 is 1.47 bits per heavy atom. The molecule has 6 heteroatoms. The third-order valence-electron chi connectivity index (χ3n) is 3.06. The Morgan fingerprint density at radius 3 is 2.71 bits per heavy atom. The van der Waals surface area contributed by atoms with Gasteiger partial charge >= 0.3 is 0 Å². The molecule has 0 radical (unpaired) electrons. The van der Waals surface area contributed by atoms with Crippen molar-refractivity contribution in [1.82, 2.24) is 19.7 Å². The highest BCUT2D eigenvalue weighted by molar-refractivity contribution is 7.71. The van der Waals surface area contributed by atoms with E-state index in [1.807, 2.05) is 18.7 Å². The number of nitrogens with one attached hydrogen (secondary N) is 1. The summed E-state index contributed by atoms with van der Waals surface area (Å²) in [5, 5.41) is 6.93. The van der Waals surface area contributed by atoms with Gasteiger partial charge in [0.2, 0.25) is 5.91 Å². The van der Waals surface area contributed by atoms with Crippen LogP contribution in [0.2, 0.25) is 0 Å². The first-order valence-corrected chi connectivity index (χ1v) is 6.43. The third-order valence-corrected chi connectivity index (χ3v) is 3.37. The molecule has 0 saturated carbocycles. The Bertz CT molecular complexity index is 456. The molecule has 0 bridgehead atoms. The lowest BCUT2D eigenvalue weighted by atomic mass is 10.2. The second-order valence-corrected chi connectivity index (χ2v) is 5.10. The molecule has 1 aliphatic heterocycles. The number of rotatable bonds is 3. The summed E-state index contributed by atoms with van der Waals surface area (Å²) in [5.41, 5.74) is 0. The topological polar surface area (TPSA) is 53.9 Å². The predicted molar refractivity (Wildman–Crippen MR) is 67.3 cm³/mol. The number of aromatic nitrogens is 3. The van der Waals surface area contributed by atoms with E-state index in [2.05, 4.69) is 10.2 Å². The van der Waals surface area contributed by atoms with Crippen molar-refractivity contribution in [3.05, 3.63) is 10.6 Å². The summed E-state index contributed by atoms with van der Waals surface area (Å²) in [6.07, 6.45) is 2.22. The quantitative estimate of drug-likeness (QED) is 0.835. The van der Waals surface area contributed by atoms with Crippen molar-refractivity contribution >= 4 is 18.1 Å². The van der Waals surface area contributed by atoms with Crippen LogP contribution >= 0.6 is 12.2 Å². The number of nitrogens with zero attached hydrogens (tertiary/aromatic N) is 3. The minimum absolute atomic E-state index is 0.141. The SMILES string of the molecule is CC(C)c1n[nH]c(=S)n1CC(=O)N1CCCC1. The Hall–Kier alpha value is -1.17. The summed E-state index contributed by atoms with van der Waals surface area (Å²) in [4.78, 5) is 14.0. The van der Waals surface area contributed by atoms with Gasteiger partial charge in [-0.2, -0.15) is 5.10 Å². The summed E-state index contributed by atoms with van der Waals surface area (Å²) in [6, 6.07) is 0. The average Bonchev–Trinajstić information content (AvgIpc) is 2.89. The number of carbonyl (C=O) groups is 1. The monoisotopic (exact) mass is 254 g/mol. The van der Waals surface area contributed by atoms with Crippen LogP contribution in [0.15, 0.2) is 0 Å². The van der Waals surface area contributed by atoms with Gasteiger partial charge < -0.3 is 4.90 Å². The predicted octanol–water partition coefficient (Wildman–Crippen LogP) is 1.69. The number of hydrogen-bond acceptors (Lipinski definition) is 3. The fourth-order valence-electron chi connectivity index (χ4n) is 2.13. The molecule has 5 nitrogen and oxygen atoms in total. The Morgan fingerprint density at radius 2 is 2.12 bits per heavy atom. The van der Waals surface area contributed by atoms with E-state index < -0.39 is 0 Å². The molecule has 1 amide bonds. The highest BCUT2D eigenvalue weighted by Gasteiger charge is 2.20. The van der Waals surface area contributed by atoms with Gasteiger partial charge in [0.15, 0.2) is 4.77 Å². The Kier molecular flexibility index (Phi) is 3.61. The molecule has 1 aliphatic rings. The van der Waals surface area contributed by atoms with Crippen LogP contribution in [0.5, 0.6) is 0 Å². The van der Waals surface area contributed by atoms with Crippen molar-refractivity contribution < 1.29 is 4.79 Å². The highest BCUT2D eigenvalue weighted by Crippen LogP contribution is 2.13. The third kappa shape index (κ3) is 2.57. The molecule has 2 rings (SSSR count). The van der Waals surface area contributed by atoms with Crippen LogP contribution in [0.4, 0.5) is 0 Å². The highest BCUT2D eigenvalue weighted by atomic mass is 32.1. The van der Waals surface area contributed by atoms with Gasteiger partial charge in [0, 0.05) is 19.0 Å². The lowest BCUT2D eigenvalue weighted by Gasteiger charge is -2.16. The van der Waals surface area contributed by atoms with Crippen LogP contribution in [0.3, 0.4) is 0 Å². The van der Waals surface area contributed by atoms with Gasteiger partial charge in [0.1, 0.15) is 12.4 Å². The van der Waals surface area contributed by atoms with Crippen LogP contribution in [0.1, 0.15) is 38.4 Å². The lowest BCUT2D eigenvalue weighted by molar-refractivity contribution is -0.130. The number of carbonyl (C=O) groups excluding carboxylic acids is 1. The van der Waals surface area contributed by atoms with Gasteiger partial charge in [-0.3, -0.25) is 14.5 Å². The van der Waals surface area contributed by atoms with E-state index >= 15 is 0 Å². The number of H-pyrrole nitrogens is 1. The molecule has 0 aromatic carbocycles. The van der Waals surface area contributed by atoms with Crippen LogP contribution in [-0.2, 0) is 11.3 Å². The molecule has 1 N–H and O–H groups in total. The second-order valence-electron chi connectivity index (χ2n) is 4.72. The standard InChI is InChI=1S/C11H18N4OS/c1-8(2)10-12-13-11(17)15(10)7-9(16)14-5-3-4-6-14/h8H,3-7H2,1-2H3,(H,13,17). The van der Waals surface area contributed by atoms with E-state index in [-0.39, 0.29) is 11.8 Å². The van der Waals surface area contributed by atoms with Gasteiger partial charge in [-0.15, -0.1) is 0 Å². The van der Waals surface area contributed by atoms with Gasteiger partial charge in [0.05, 0.1) is 0 Å². The molecule has 1 aromatic rings. The normalized spacial score (nSPS) is 15.8. The van der Waals surface area contributed by atoms with Crippen molar-refractivity contribution in [1.29, 1.82) is 0 Å². The molecule has 17 heavy (non-hydrogen) atoms. The number of likely N-dealkylation sites (tertiary alicyclic amines) is 1. The van der Waals surface area contributed by atoms with Gasteiger partial charge in [-0.1, -0.05) is 13.8 Å². The molecule has 1 aromatic heterocycles. The maximum Gasteiger partial charge on any atom is 0.242 e. The maximum atomic E-state index is 12.1. The fourth-order valence-corrected chi connectivity index (χ4v) is 2.33. The summed E-state index contributed by atoms with van der Waals surface area (Å²) in [5.74, 6) is 1.25. The maximum absolute atomic E-state index is 12.1. The lowest BCUT2D eigenvalue weighted by Crippen LogP contribution is -2.31. The molecule has 0 atom stereocenters. The van der Waals surface area contributed by atoms with E-state index in [0.717, 1.165) is 31.8 Å². The van der Waals surface area contributed by atoms with E-state index in [0.29, 0.717) is 11.3 Å². The van der Waals surface area contributed by atoms with E-state index in [9.17, 15) is 4.79 Å². The molecule has 1 saturated heterocycles. The van der Waals surface area contributed by atoms with Crippen LogP contribution in [-0.4, -0.2) is 38.7 Å². The first-order valence-electron chi connectivity index (χ1n) is 6.02. The summed E-state index contributed by atoms with van der Waals surface area (Å²) in [7, 11) is 0. The largest absolute Gasteiger partial charge is 0.341 e. The zero-order valence-electron chi connectivity index (χ0n) is 10.3. The van der Waals surface area contributed by atoms with E-state index in [1.54, 1.807) is 4.57 Å². The molecule has 0 spiro atoms. The minimum atomic E-state index is 0.141. The number of aromatic amines is 1. The fraction of sp³-hybridized carbons (Fsp3) is 0.727. The van der Waals surface area contributed by atoms with Gasteiger partial charge in [-0.05, 0) is 25.1 Å². The van der Waals surface area contributed by atoms with Crippen molar-refractivity contribution in [3.63, 3.8) is 0 Å². The summed E-state index contributed by atoms with van der Waals surface area (Å²) >= 11 is 5.16. The molecular formula is C11H18N4OS. The van der Waals surface area contributed by atoms with Crippen molar-refractivity contribution in [2.45, 2.75) is 39.2 Å². The number of amides is 1. The first kappa shape index (κ1) is 12.3. The molecular weight excluding hydrogens is 236 g/mol. The van der Waals surface area contributed by atoms with E-state index in [4.69, 9.17) is 12.2 Å². The van der Waals surface area contributed by atoms with Crippen LogP contribution in [0.25, 0.3) is 0 Å². The van der Waals surface area contributed by atoms with Gasteiger partial charge in [0.25, 0.3) is 0 Å². The molecule has 94 valence electrons. The molecule has 1 fully saturated rings. The molecule has 2 heterocycles. The van der Waals surface area contributed by atoms with Crippen molar-refractivity contribution in [2.75, 3.05) is 13.1 Å². The zero-order chi connectivity index (χ0) is 12.4. The average molecular weight is 254 g/mol. The summed E-state index contributed by atoms with van der Waals surface area (Å²) in [6.45, 7) is 6.15. The van der Waals surface area contributed by atoms with Gasteiger partial charge in [-0.25, -0.2) is 0 Å². The van der Waals surface area contributed by atoms with Crippen LogP contribution < -0.4 is 0 Å². The van der Waals surface area contributed by atoms with Crippen LogP contribution in [0, 0.1) is 4.77 Å². The Balaban J connectivity index is 2.14. The van der Waals surface area contributed by atoms with E-state index in [1.165, 1.54) is 0 Å². The Labute approximate surface area is 106 Å². The minimum Gasteiger partial charge on any atom is -0.341 e. The zero-order valence-corrected chi connectivity index (χ0v) is 11.1. The van der Waals surface area contributed by atoms with Crippen molar-refractivity contribution in [3.8, 4) is 0 Å². The smallest absolute Gasteiger partial charge is 0.242 e. The second kappa shape index (κ2) is 5.00. The first-order chi connectivity index (χ1) is 8.09. The number of hydrogen-bond donors (Lipinski definition) is 1.